The van der Waals surface area contributed by atoms with E-state index < -0.39 is 17.9 Å². The zero-order valence-electron chi connectivity index (χ0n) is 18.8. The van der Waals surface area contributed by atoms with Crippen LogP contribution in [0.5, 0.6) is 0 Å². The van der Waals surface area contributed by atoms with Crippen molar-refractivity contribution in [3.05, 3.63) is 71.3 Å². The highest BCUT2D eigenvalue weighted by atomic mass is 16.2. The van der Waals surface area contributed by atoms with Crippen molar-refractivity contribution in [2.45, 2.75) is 31.7 Å². The summed E-state index contributed by atoms with van der Waals surface area (Å²) >= 11 is 0. The molecular formula is C26H26N4O4. The molecule has 0 aliphatic carbocycles. The number of nitrogens with one attached hydrogen (secondary N) is 1. The van der Waals surface area contributed by atoms with Crippen LogP contribution in [0.4, 0.5) is 0 Å². The average molecular weight is 459 g/mol. The van der Waals surface area contributed by atoms with Gasteiger partial charge in [0.1, 0.15) is 12.5 Å². The minimum absolute atomic E-state index is 0.168. The first-order chi connectivity index (χ1) is 16.5. The van der Waals surface area contributed by atoms with Gasteiger partial charge in [-0.1, -0.05) is 42.5 Å². The third-order valence-electron chi connectivity index (χ3n) is 6.45. The number of rotatable bonds is 7. The summed E-state index contributed by atoms with van der Waals surface area (Å²) in [6.07, 6.45) is 1.46. The highest BCUT2D eigenvalue weighted by Gasteiger charge is 2.44. The zero-order chi connectivity index (χ0) is 24.1. The maximum atomic E-state index is 13.7. The summed E-state index contributed by atoms with van der Waals surface area (Å²) in [7, 11) is 0. The van der Waals surface area contributed by atoms with Gasteiger partial charge in [0.25, 0.3) is 11.8 Å². The van der Waals surface area contributed by atoms with Crippen molar-refractivity contribution in [2.24, 2.45) is 5.92 Å². The van der Waals surface area contributed by atoms with E-state index >= 15 is 0 Å². The number of hydrogen-bond donors (Lipinski definition) is 1. The lowest BCUT2D eigenvalue weighted by Crippen LogP contribution is -2.54. The van der Waals surface area contributed by atoms with Crippen LogP contribution >= 0.6 is 0 Å². The molecular weight excluding hydrogens is 432 g/mol. The second-order valence-corrected chi connectivity index (χ2v) is 8.64. The van der Waals surface area contributed by atoms with Gasteiger partial charge in [0, 0.05) is 26.1 Å². The third kappa shape index (κ3) is 4.84. The van der Waals surface area contributed by atoms with Gasteiger partial charge in [-0.25, -0.2) is 0 Å². The Balaban J connectivity index is 1.49. The fourth-order valence-electron chi connectivity index (χ4n) is 4.58. The van der Waals surface area contributed by atoms with E-state index in [4.69, 9.17) is 5.26 Å². The van der Waals surface area contributed by atoms with E-state index in [0.717, 1.165) is 10.5 Å². The molecule has 1 fully saturated rings. The van der Waals surface area contributed by atoms with E-state index in [2.05, 4.69) is 5.32 Å². The minimum atomic E-state index is -0.929. The first-order valence-electron chi connectivity index (χ1n) is 11.4. The van der Waals surface area contributed by atoms with Crippen LogP contribution in [-0.2, 0) is 16.0 Å². The molecule has 2 aliphatic rings. The number of nitrogens with zero attached hydrogens (tertiary/aromatic N) is 3. The van der Waals surface area contributed by atoms with Crippen molar-refractivity contribution in [3.63, 3.8) is 0 Å². The molecule has 0 spiro atoms. The molecule has 1 unspecified atom stereocenters. The predicted molar refractivity (Wildman–Crippen MR) is 123 cm³/mol. The molecule has 0 radical (unpaired) electrons. The van der Waals surface area contributed by atoms with Crippen molar-refractivity contribution in [3.8, 4) is 6.07 Å². The quantitative estimate of drug-likeness (QED) is 0.640. The Morgan fingerprint density at radius 2 is 1.56 bits per heavy atom. The van der Waals surface area contributed by atoms with Gasteiger partial charge >= 0.3 is 0 Å². The van der Waals surface area contributed by atoms with Crippen LogP contribution in [0.15, 0.2) is 54.6 Å². The van der Waals surface area contributed by atoms with Crippen LogP contribution in [0.25, 0.3) is 0 Å². The summed E-state index contributed by atoms with van der Waals surface area (Å²) < 4.78 is 0. The van der Waals surface area contributed by atoms with Crippen LogP contribution < -0.4 is 5.32 Å². The number of fused-ring (bicyclic) bond motifs is 1. The van der Waals surface area contributed by atoms with E-state index in [1.807, 2.05) is 36.4 Å². The van der Waals surface area contributed by atoms with Gasteiger partial charge in [-0.2, -0.15) is 5.26 Å². The van der Waals surface area contributed by atoms with Gasteiger partial charge in [-0.05, 0) is 36.5 Å². The monoisotopic (exact) mass is 458 g/mol. The van der Waals surface area contributed by atoms with Crippen LogP contribution in [0.1, 0.15) is 45.5 Å². The van der Waals surface area contributed by atoms with Crippen LogP contribution in [0.3, 0.4) is 0 Å². The molecule has 8 heteroatoms. The Hall–Kier alpha value is -3.99. The highest BCUT2D eigenvalue weighted by molar-refractivity contribution is 6.22. The second-order valence-electron chi connectivity index (χ2n) is 8.64. The fraction of sp³-hybridized carbons (Fsp3) is 0.346. The topological polar surface area (TPSA) is 111 Å². The molecule has 8 nitrogen and oxygen atoms in total. The number of imide groups is 1. The smallest absolute Gasteiger partial charge is 0.262 e. The Kier molecular flexibility index (Phi) is 7.02. The molecule has 0 aromatic heterocycles. The number of piperidine rings is 1. The van der Waals surface area contributed by atoms with Crippen molar-refractivity contribution in [1.29, 1.82) is 5.26 Å². The lowest BCUT2D eigenvalue weighted by atomic mass is 9.95. The Bertz CT molecular complexity index is 1100. The van der Waals surface area contributed by atoms with E-state index in [1.165, 1.54) is 0 Å². The summed E-state index contributed by atoms with van der Waals surface area (Å²) in [6, 6.07) is 16.9. The number of carbonyl (C=O) groups is 4. The van der Waals surface area contributed by atoms with Crippen molar-refractivity contribution in [1.82, 2.24) is 15.1 Å². The van der Waals surface area contributed by atoms with Gasteiger partial charge in [0.05, 0.1) is 17.2 Å². The molecule has 2 aromatic rings. The number of hydrogen-bond acceptors (Lipinski definition) is 5. The van der Waals surface area contributed by atoms with Crippen LogP contribution in [-0.4, -0.2) is 59.1 Å². The van der Waals surface area contributed by atoms with Gasteiger partial charge < -0.3 is 10.2 Å². The first-order valence-corrected chi connectivity index (χ1v) is 11.4. The number of carbonyl (C=O) groups excluding carboxylic acids is 4. The molecule has 1 saturated heterocycles. The predicted octanol–water partition coefficient (Wildman–Crippen LogP) is 2.16. The first kappa shape index (κ1) is 23.2. The molecule has 0 bridgehead atoms. The molecule has 1 N–H and O–H groups in total. The number of nitriles is 1. The standard InChI is InChI=1S/C26H26N4O4/c27-13-10-23(31)28-17-19-11-14-29(15-12-19)26(34)22(16-18-6-2-1-3-7-18)30-24(32)20-8-4-5-9-21(20)25(30)33/h1-9,19,22H,10-12,14-17H2,(H,28,31). The molecule has 0 saturated carbocycles. The maximum Gasteiger partial charge on any atom is 0.262 e. The SMILES string of the molecule is N#CCC(=O)NCC1CCN(C(=O)C(Cc2ccccc2)N2C(=O)c3ccccc3C2=O)CC1. The largest absolute Gasteiger partial charge is 0.355 e. The number of likely N-dealkylation sites (tertiary alicyclic amines) is 1. The Morgan fingerprint density at radius 3 is 2.15 bits per heavy atom. The van der Waals surface area contributed by atoms with Crippen LogP contribution in [0, 0.1) is 17.2 Å². The molecule has 4 rings (SSSR count). The van der Waals surface area contributed by atoms with Gasteiger partial charge in [0.15, 0.2) is 0 Å². The van der Waals surface area contributed by atoms with Gasteiger partial charge in [-0.15, -0.1) is 0 Å². The van der Waals surface area contributed by atoms with E-state index in [0.29, 0.717) is 43.6 Å². The summed E-state index contributed by atoms with van der Waals surface area (Å²) in [5.74, 6) is -1.21. The molecule has 4 amide bonds. The molecule has 2 heterocycles. The van der Waals surface area contributed by atoms with Crippen molar-refractivity contribution in [2.75, 3.05) is 19.6 Å². The average Bonchev–Trinajstić information content (AvgIpc) is 3.12. The zero-order valence-corrected chi connectivity index (χ0v) is 18.8. The normalized spacial score (nSPS) is 16.7. The summed E-state index contributed by atoms with van der Waals surface area (Å²) in [5, 5.41) is 11.4. The molecule has 2 aliphatic heterocycles. The Labute approximate surface area is 198 Å². The van der Waals surface area contributed by atoms with Gasteiger partial charge in [-0.3, -0.25) is 24.1 Å². The molecule has 174 valence electrons. The van der Waals surface area contributed by atoms with Crippen LogP contribution in [0.2, 0.25) is 0 Å². The summed E-state index contributed by atoms with van der Waals surface area (Å²) in [5.41, 5.74) is 1.52. The lowest BCUT2D eigenvalue weighted by molar-refractivity contribution is -0.137. The fourth-order valence-corrected chi connectivity index (χ4v) is 4.58. The Morgan fingerprint density at radius 1 is 0.971 bits per heavy atom. The van der Waals surface area contributed by atoms with Crippen molar-refractivity contribution >= 4 is 23.6 Å². The van der Waals surface area contributed by atoms with E-state index in [9.17, 15) is 19.2 Å². The lowest BCUT2D eigenvalue weighted by Gasteiger charge is -2.36. The molecule has 34 heavy (non-hydrogen) atoms. The summed E-state index contributed by atoms with van der Waals surface area (Å²) in [6.45, 7) is 1.42. The minimum Gasteiger partial charge on any atom is -0.355 e. The number of benzene rings is 2. The molecule has 2 aromatic carbocycles. The third-order valence-corrected chi connectivity index (χ3v) is 6.45. The van der Waals surface area contributed by atoms with E-state index in [-0.39, 0.29) is 30.6 Å². The summed E-state index contributed by atoms with van der Waals surface area (Å²) in [4.78, 5) is 54.4. The van der Waals surface area contributed by atoms with E-state index in [1.54, 1.807) is 29.2 Å². The highest BCUT2D eigenvalue weighted by Crippen LogP contribution is 2.28. The molecule has 1 atom stereocenters. The van der Waals surface area contributed by atoms with Crippen molar-refractivity contribution < 1.29 is 19.2 Å². The maximum absolute atomic E-state index is 13.7. The number of amides is 4. The second kappa shape index (κ2) is 10.3. The van der Waals surface area contributed by atoms with Gasteiger partial charge in [0.2, 0.25) is 11.8 Å².